The number of nitrogens with one attached hydrogen (secondary N) is 1. The highest BCUT2D eigenvalue weighted by atomic mass is 16.3. The fourth-order valence-electron chi connectivity index (χ4n) is 3.33. The Morgan fingerprint density at radius 1 is 1.04 bits per heavy atom. The summed E-state index contributed by atoms with van der Waals surface area (Å²) in [7, 11) is 0. The number of aliphatic hydroxyl groups excluding tert-OH is 1. The predicted octanol–water partition coefficient (Wildman–Crippen LogP) is 2.75. The zero-order chi connectivity index (χ0) is 17.5. The summed E-state index contributed by atoms with van der Waals surface area (Å²) in [5.41, 5.74) is 2.07. The molecular formula is C21H26N2O2. The minimum Gasteiger partial charge on any atom is -0.387 e. The second kappa shape index (κ2) is 8.79. The van der Waals surface area contributed by atoms with E-state index in [-0.39, 0.29) is 11.8 Å². The molecule has 2 aromatic carbocycles. The van der Waals surface area contributed by atoms with Gasteiger partial charge in [-0.05, 0) is 37.1 Å². The molecule has 0 aromatic heterocycles. The molecule has 1 atom stereocenters. The molecule has 2 aromatic rings. The third kappa shape index (κ3) is 5.15. The number of β-amino-alcohol motifs (C(OH)–C–C–N with tert-alkyl or cyclic N) is 1. The van der Waals surface area contributed by atoms with Gasteiger partial charge in [-0.25, -0.2) is 0 Å². The van der Waals surface area contributed by atoms with Crippen LogP contribution in [-0.2, 0) is 11.3 Å². The first-order chi connectivity index (χ1) is 12.2. The summed E-state index contributed by atoms with van der Waals surface area (Å²) in [6, 6.07) is 19.7. The van der Waals surface area contributed by atoms with Crippen LogP contribution in [0.15, 0.2) is 60.7 Å². The lowest BCUT2D eigenvalue weighted by Gasteiger charge is -2.32. The zero-order valence-electron chi connectivity index (χ0n) is 14.5. The number of carbonyl (C=O) groups excluding carboxylic acids is 1. The Balaban J connectivity index is 1.41. The summed E-state index contributed by atoms with van der Waals surface area (Å²) in [6.07, 6.45) is 1.23. The van der Waals surface area contributed by atoms with Gasteiger partial charge in [-0.1, -0.05) is 60.7 Å². The Morgan fingerprint density at radius 2 is 1.64 bits per heavy atom. The van der Waals surface area contributed by atoms with E-state index in [1.165, 1.54) is 0 Å². The first-order valence-corrected chi connectivity index (χ1v) is 8.99. The van der Waals surface area contributed by atoms with Crippen LogP contribution in [0.1, 0.15) is 30.1 Å². The predicted molar refractivity (Wildman–Crippen MR) is 98.9 cm³/mol. The van der Waals surface area contributed by atoms with Crippen LogP contribution in [0, 0.1) is 5.92 Å². The Morgan fingerprint density at radius 3 is 2.28 bits per heavy atom. The van der Waals surface area contributed by atoms with Gasteiger partial charge in [0.2, 0.25) is 5.91 Å². The molecule has 1 saturated heterocycles. The molecule has 4 heteroatoms. The lowest BCUT2D eigenvalue weighted by atomic mass is 9.95. The average molecular weight is 338 g/mol. The van der Waals surface area contributed by atoms with E-state index in [1.54, 1.807) is 0 Å². The number of benzene rings is 2. The lowest BCUT2D eigenvalue weighted by molar-refractivity contribution is -0.126. The Bertz CT molecular complexity index is 652. The fraction of sp³-hybridized carbons (Fsp3) is 0.381. The molecule has 1 fully saturated rings. The van der Waals surface area contributed by atoms with Crippen molar-refractivity contribution in [2.75, 3.05) is 19.6 Å². The average Bonchev–Trinajstić information content (AvgIpc) is 2.68. The van der Waals surface area contributed by atoms with Crippen molar-refractivity contribution in [3.63, 3.8) is 0 Å². The van der Waals surface area contributed by atoms with Gasteiger partial charge in [-0.15, -0.1) is 0 Å². The smallest absolute Gasteiger partial charge is 0.223 e. The Kier molecular flexibility index (Phi) is 6.20. The highest BCUT2D eigenvalue weighted by Crippen LogP contribution is 2.21. The second-order valence-corrected chi connectivity index (χ2v) is 6.70. The first-order valence-electron chi connectivity index (χ1n) is 8.99. The molecule has 4 nitrogen and oxygen atoms in total. The molecule has 1 amide bonds. The normalized spacial score (nSPS) is 17.2. The molecule has 0 radical (unpaired) electrons. The Hall–Kier alpha value is -2.17. The van der Waals surface area contributed by atoms with Gasteiger partial charge in [-0.2, -0.15) is 0 Å². The van der Waals surface area contributed by atoms with Crippen molar-refractivity contribution in [2.24, 2.45) is 5.92 Å². The molecule has 132 valence electrons. The molecule has 2 N–H and O–H groups in total. The summed E-state index contributed by atoms with van der Waals surface area (Å²) in [5.74, 6) is 0.223. The summed E-state index contributed by atoms with van der Waals surface area (Å²) in [5, 5.41) is 13.4. The van der Waals surface area contributed by atoms with Crippen molar-refractivity contribution in [2.45, 2.75) is 25.5 Å². The summed E-state index contributed by atoms with van der Waals surface area (Å²) < 4.78 is 0. The molecule has 1 aliphatic rings. The lowest BCUT2D eigenvalue weighted by Crippen LogP contribution is -2.41. The van der Waals surface area contributed by atoms with E-state index in [1.807, 2.05) is 60.7 Å². The number of piperidine rings is 1. The number of nitrogens with zero attached hydrogens (tertiary/aromatic N) is 1. The summed E-state index contributed by atoms with van der Waals surface area (Å²) in [4.78, 5) is 14.6. The standard InChI is InChI=1S/C21H26N2O2/c24-20(18-9-5-2-6-10-18)16-23-13-11-19(12-14-23)21(25)22-15-17-7-3-1-4-8-17/h1-10,19-20,24H,11-16H2,(H,22,25). The SMILES string of the molecule is O=C(NCc1ccccc1)C1CCN(CC(O)c2ccccc2)CC1. The van der Waals surface area contributed by atoms with E-state index in [2.05, 4.69) is 10.2 Å². The third-order valence-electron chi connectivity index (χ3n) is 4.88. The largest absolute Gasteiger partial charge is 0.387 e. The van der Waals surface area contributed by atoms with Crippen molar-refractivity contribution >= 4 is 5.91 Å². The van der Waals surface area contributed by atoms with Crippen molar-refractivity contribution < 1.29 is 9.90 Å². The van der Waals surface area contributed by atoms with Gasteiger partial charge < -0.3 is 15.3 Å². The highest BCUT2D eigenvalue weighted by molar-refractivity contribution is 5.78. The van der Waals surface area contributed by atoms with Gasteiger partial charge >= 0.3 is 0 Å². The van der Waals surface area contributed by atoms with Crippen LogP contribution in [0.5, 0.6) is 0 Å². The summed E-state index contributed by atoms with van der Waals surface area (Å²) >= 11 is 0. The van der Waals surface area contributed by atoms with Crippen LogP contribution in [0.3, 0.4) is 0 Å². The maximum Gasteiger partial charge on any atom is 0.223 e. The highest BCUT2D eigenvalue weighted by Gasteiger charge is 2.26. The summed E-state index contributed by atoms with van der Waals surface area (Å²) in [6.45, 7) is 2.93. The molecule has 1 aliphatic heterocycles. The van der Waals surface area contributed by atoms with E-state index in [9.17, 15) is 9.90 Å². The maximum atomic E-state index is 12.3. The van der Waals surface area contributed by atoms with E-state index in [0.717, 1.165) is 37.1 Å². The quantitative estimate of drug-likeness (QED) is 0.851. The van der Waals surface area contributed by atoms with Gasteiger partial charge in [0.05, 0.1) is 6.10 Å². The van der Waals surface area contributed by atoms with Gasteiger partial charge in [0, 0.05) is 19.0 Å². The third-order valence-corrected chi connectivity index (χ3v) is 4.88. The van der Waals surface area contributed by atoms with Crippen LogP contribution in [0.2, 0.25) is 0 Å². The van der Waals surface area contributed by atoms with Crippen molar-refractivity contribution in [1.29, 1.82) is 0 Å². The van der Waals surface area contributed by atoms with Crippen molar-refractivity contribution in [3.05, 3.63) is 71.8 Å². The molecule has 0 bridgehead atoms. The monoisotopic (exact) mass is 338 g/mol. The van der Waals surface area contributed by atoms with E-state index in [4.69, 9.17) is 0 Å². The maximum absolute atomic E-state index is 12.3. The topological polar surface area (TPSA) is 52.6 Å². The van der Waals surface area contributed by atoms with E-state index < -0.39 is 6.10 Å². The Labute approximate surface area is 149 Å². The van der Waals surface area contributed by atoms with Gasteiger partial charge in [0.1, 0.15) is 0 Å². The van der Waals surface area contributed by atoms with Crippen molar-refractivity contribution in [3.8, 4) is 0 Å². The van der Waals surface area contributed by atoms with Crippen LogP contribution in [-0.4, -0.2) is 35.5 Å². The molecule has 1 heterocycles. The van der Waals surface area contributed by atoms with E-state index in [0.29, 0.717) is 13.1 Å². The minimum absolute atomic E-state index is 0.0776. The van der Waals surface area contributed by atoms with Gasteiger partial charge in [0.25, 0.3) is 0 Å². The first kappa shape index (κ1) is 17.6. The van der Waals surface area contributed by atoms with Crippen LogP contribution < -0.4 is 5.32 Å². The van der Waals surface area contributed by atoms with Crippen LogP contribution >= 0.6 is 0 Å². The molecule has 0 aliphatic carbocycles. The molecule has 3 rings (SSSR count). The number of carbonyl (C=O) groups is 1. The number of hydrogen-bond donors (Lipinski definition) is 2. The molecule has 1 unspecified atom stereocenters. The van der Waals surface area contributed by atoms with Crippen molar-refractivity contribution in [1.82, 2.24) is 10.2 Å². The second-order valence-electron chi connectivity index (χ2n) is 6.70. The number of aliphatic hydroxyl groups is 1. The molecule has 0 spiro atoms. The molecule has 0 saturated carbocycles. The number of hydrogen-bond acceptors (Lipinski definition) is 3. The fourth-order valence-corrected chi connectivity index (χ4v) is 3.33. The number of likely N-dealkylation sites (tertiary alicyclic amines) is 1. The zero-order valence-corrected chi connectivity index (χ0v) is 14.5. The van der Waals surface area contributed by atoms with E-state index >= 15 is 0 Å². The minimum atomic E-state index is -0.468. The molecular weight excluding hydrogens is 312 g/mol. The van der Waals surface area contributed by atoms with Crippen LogP contribution in [0.25, 0.3) is 0 Å². The number of amides is 1. The number of rotatable bonds is 6. The molecule has 25 heavy (non-hydrogen) atoms. The van der Waals surface area contributed by atoms with Crippen LogP contribution in [0.4, 0.5) is 0 Å². The van der Waals surface area contributed by atoms with Gasteiger partial charge in [0.15, 0.2) is 0 Å². The van der Waals surface area contributed by atoms with Gasteiger partial charge in [-0.3, -0.25) is 4.79 Å².